The van der Waals surface area contributed by atoms with Gasteiger partial charge in [-0.1, -0.05) is 63.9 Å². The number of carbonyl (C=O) groups excluding carboxylic acids is 3. The van der Waals surface area contributed by atoms with Gasteiger partial charge in [0.15, 0.2) is 11.5 Å². The van der Waals surface area contributed by atoms with Crippen molar-refractivity contribution in [2.45, 2.75) is 13.5 Å². The van der Waals surface area contributed by atoms with Gasteiger partial charge in [0, 0.05) is 46.9 Å². The number of benzene rings is 3. The van der Waals surface area contributed by atoms with Gasteiger partial charge < -0.3 is 19.3 Å². The van der Waals surface area contributed by atoms with Gasteiger partial charge in [0.1, 0.15) is 13.2 Å². The van der Waals surface area contributed by atoms with Gasteiger partial charge >= 0.3 is 0 Å². The van der Waals surface area contributed by atoms with Gasteiger partial charge in [-0.2, -0.15) is 0 Å². The summed E-state index contributed by atoms with van der Waals surface area (Å²) < 4.78 is 12.5. The molecule has 11 heteroatoms. The van der Waals surface area contributed by atoms with Crippen molar-refractivity contribution in [3.63, 3.8) is 0 Å². The van der Waals surface area contributed by atoms with Crippen molar-refractivity contribution in [1.29, 1.82) is 0 Å². The topological polar surface area (TPSA) is 79.4 Å². The van der Waals surface area contributed by atoms with Crippen molar-refractivity contribution in [3.05, 3.63) is 92.3 Å². The molecule has 3 aromatic carbocycles. The second-order valence-corrected chi connectivity index (χ2v) is 11.9. The minimum absolute atomic E-state index is 0.231. The predicted octanol–water partition coefficient (Wildman–Crippen LogP) is 6.47. The quantitative estimate of drug-likeness (QED) is 0.242. The molecule has 0 N–H and O–H groups in total. The van der Waals surface area contributed by atoms with E-state index >= 15 is 0 Å². The SMILES string of the molecule is CCOc1cc(/C=C2/SC(=O)N(CC(=O)N3CCN(c4ccccc4)CC3)C2=O)c(Br)cc1OCc1ccccc1Cl. The fourth-order valence-corrected chi connectivity index (χ4v) is 6.14. The summed E-state index contributed by atoms with van der Waals surface area (Å²) in [7, 11) is 0. The van der Waals surface area contributed by atoms with E-state index in [4.69, 9.17) is 21.1 Å². The molecule has 5 rings (SSSR count). The van der Waals surface area contributed by atoms with Gasteiger partial charge in [-0.05, 0) is 60.7 Å². The number of imide groups is 1. The minimum Gasteiger partial charge on any atom is -0.490 e. The summed E-state index contributed by atoms with van der Waals surface area (Å²) in [6.07, 6.45) is 1.62. The number of para-hydroxylation sites is 1. The van der Waals surface area contributed by atoms with Crippen molar-refractivity contribution in [3.8, 4) is 11.5 Å². The van der Waals surface area contributed by atoms with Crippen LogP contribution < -0.4 is 14.4 Å². The highest BCUT2D eigenvalue weighted by Crippen LogP contribution is 2.38. The third-order valence-corrected chi connectivity index (χ3v) is 8.87. The maximum atomic E-state index is 13.2. The number of hydrogen-bond acceptors (Lipinski definition) is 7. The molecule has 218 valence electrons. The Balaban J connectivity index is 1.25. The highest BCUT2D eigenvalue weighted by molar-refractivity contribution is 9.10. The number of thioether (sulfide) groups is 1. The van der Waals surface area contributed by atoms with Crippen LogP contribution in [0, 0.1) is 0 Å². The molecular weight excluding hydrogens is 642 g/mol. The maximum Gasteiger partial charge on any atom is 0.294 e. The number of halogens is 2. The summed E-state index contributed by atoms with van der Waals surface area (Å²) in [5.74, 6) is 0.256. The average molecular weight is 671 g/mol. The molecule has 0 spiro atoms. The number of carbonyl (C=O) groups is 3. The number of amides is 3. The summed E-state index contributed by atoms with van der Waals surface area (Å²) >= 11 is 10.6. The van der Waals surface area contributed by atoms with Crippen LogP contribution in [-0.4, -0.2) is 66.2 Å². The molecule has 2 aliphatic rings. The van der Waals surface area contributed by atoms with E-state index in [9.17, 15) is 14.4 Å². The molecule has 42 heavy (non-hydrogen) atoms. The van der Waals surface area contributed by atoms with Gasteiger partial charge in [-0.3, -0.25) is 19.3 Å². The fraction of sp³-hybridized carbons (Fsp3) is 0.258. The van der Waals surface area contributed by atoms with Crippen LogP contribution in [0.1, 0.15) is 18.1 Å². The highest BCUT2D eigenvalue weighted by Gasteiger charge is 2.37. The number of ether oxygens (including phenoxy) is 2. The lowest BCUT2D eigenvalue weighted by atomic mass is 10.1. The summed E-state index contributed by atoms with van der Waals surface area (Å²) in [5, 5.41) is 0.137. The van der Waals surface area contributed by atoms with Crippen molar-refractivity contribution in [2.75, 3.05) is 44.2 Å². The first-order valence-corrected chi connectivity index (χ1v) is 15.5. The van der Waals surface area contributed by atoms with E-state index in [0.717, 1.165) is 27.9 Å². The monoisotopic (exact) mass is 669 g/mol. The normalized spacial score (nSPS) is 16.4. The third-order valence-electron chi connectivity index (χ3n) is 6.91. The van der Waals surface area contributed by atoms with E-state index in [2.05, 4.69) is 20.8 Å². The Bertz CT molecular complexity index is 1510. The molecule has 2 saturated heterocycles. The third kappa shape index (κ3) is 6.94. The van der Waals surface area contributed by atoms with Crippen LogP contribution >= 0.6 is 39.3 Å². The van der Waals surface area contributed by atoms with Crippen LogP contribution in [0.4, 0.5) is 10.5 Å². The van der Waals surface area contributed by atoms with Crippen LogP contribution in [0.3, 0.4) is 0 Å². The maximum absolute atomic E-state index is 13.2. The molecule has 0 radical (unpaired) electrons. The van der Waals surface area contributed by atoms with Crippen molar-refractivity contribution >= 4 is 68.1 Å². The zero-order valence-corrected chi connectivity index (χ0v) is 26.1. The lowest BCUT2D eigenvalue weighted by Crippen LogP contribution is -2.51. The highest BCUT2D eigenvalue weighted by atomic mass is 79.9. The van der Waals surface area contributed by atoms with Crippen LogP contribution in [0.25, 0.3) is 6.08 Å². The molecule has 0 saturated carbocycles. The van der Waals surface area contributed by atoms with Crippen LogP contribution in [0.2, 0.25) is 5.02 Å². The zero-order chi connectivity index (χ0) is 29.6. The van der Waals surface area contributed by atoms with Gasteiger partial charge in [0.05, 0.1) is 11.5 Å². The lowest BCUT2D eigenvalue weighted by molar-refractivity contribution is -0.136. The Morgan fingerprint density at radius 3 is 2.38 bits per heavy atom. The summed E-state index contributed by atoms with van der Waals surface area (Å²) in [5.41, 5.74) is 2.58. The molecule has 2 aliphatic heterocycles. The van der Waals surface area contributed by atoms with Crippen LogP contribution in [-0.2, 0) is 16.2 Å². The van der Waals surface area contributed by atoms with Gasteiger partial charge in [0.25, 0.3) is 11.1 Å². The minimum atomic E-state index is -0.495. The Hall–Kier alpha value is -3.47. The largest absolute Gasteiger partial charge is 0.490 e. The molecule has 0 unspecified atom stereocenters. The van der Waals surface area contributed by atoms with Crippen molar-refractivity contribution in [2.24, 2.45) is 0 Å². The van der Waals surface area contributed by atoms with E-state index in [-0.39, 0.29) is 24.0 Å². The predicted molar refractivity (Wildman–Crippen MR) is 169 cm³/mol. The van der Waals surface area contributed by atoms with Crippen LogP contribution in [0.15, 0.2) is 76.1 Å². The number of nitrogens with zero attached hydrogens (tertiary/aromatic N) is 3. The van der Waals surface area contributed by atoms with E-state index < -0.39 is 11.1 Å². The molecule has 3 aromatic rings. The van der Waals surface area contributed by atoms with Crippen molar-refractivity contribution < 1.29 is 23.9 Å². The number of hydrogen-bond donors (Lipinski definition) is 0. The van der Waals surface area contributed by atoms with E-state index in [1.807, 2.05) is 55.5 Å². The first-order chi connectivity index (χ1) is 20.3. The lowest BCUT2D eigenvalue weighted by Gasteiger charge is -2.36. The molecule has 0 bridgehead atoms. The molecular formula is C31H29BrClN3O5S. The van der Waals surface area contributed by atoms with E-state index in [1.54, 1.807) is 29.2 Å². The zero-order valence-electron chi connectivity index (χ0n) is 22.9. The van der Waals surface area contributed by atoms with Crippen molar-refractivity contribution in [1.82, 2.24) is 9.80 Å². The second-order valence-electron chi connectivity index (χ2n) is 9.60. The first-order valence-electron chi connectivity index (χ1n) is 13.5. The first kappa shape index (κ1) is 30.0. The molecule has 0 aromatic heterocycles. The Labute approximate surface area is 262 Å². The average Bonchev–Trinajstić information content (AvgIpc) is 3.26. The smallest absolute Gasteiger partial charge is 0.294 e. The molecule has 2 heterocycles. The number of rotatable bonds is 9. The molecule has 8 nitrogen and oxygen atoms in total. The summed E-state index contributed by atoms with van der Waals surface area (Å²) in [4.78, 5) is 44.2. The Kier molecular flexibility index (Phi) is 9.76. The van der Waals surface area contributed by atoms with E-state index in [1.165, 1.54) is 0 Å². The Morgan fingerprint density at radius 2 is 1.67 bits per heavy atom. The second kappa shape index (κ2) is 13.7. The molecule has 2 fully saturated rings. The van der Waals surface area contributed by atoms with Gasteiger partial charge in [-0.25, -0.2) is 0 Å². The van der Waals surface area contributed by atoms with Gasteiger partial charge in [-0.15, -0.1) is 0 Å². The number of anilines is 1. The van der Waals surface area contributed by atoms with Gasteiger partial charge in [0.2, 0.25) is 5.91 Å². The van der Waals surface area contributed by atoms with E-state index in [0.29, 0.717) is 59.3 Å². The number of piperazine rings is 1. The van der Waals surface area contributed by atoms with Crippen LogP contribution in [0.5, 0.6) is 11.5 Å². The molecule has 0 aliphatic carbocycles. The molecule has 3 amide bonds. The molecule has 0 atom stereocenters. The summed E-state index contributed by atoms with van der Waals surface area (Å²) in [6.45, 7) is 4.66. The Morgan fingerprint density at radius 1 is 0.976 bits per heavy atom. The summed E-state index contributed by atoms with van der Waals surface area (Å²) in [6, 6.07) is 21.0. The fourth-order valence-electron chi connectivity index (χ4n) is 4.68. The standard InChI is InChI=1S/C31H29BrClN3O5S/c1-2-40-26-16-22(24(32)18-27(26)41-20-21-8-6-7-11-25(21)33)17-28-30(38)36(31(39)42-28)19-29(37)35-14-12-34(13-15-35)23-9-4-3-5-10-23/h3-11,16-18H,2,12-15,19-20H2,1H3/b28-17+.